The Morgan fingerprint density at radius 1 is 1.04 bits per heavy atom. The van der Waals surface area contributed by atoms with Gasteiger partial charge in [-0.25, -0.2) is 33.1 Å². The molecule has 28 heavy (non-hydrogen) atoms. The van der Waals surface area contributed by atoms with Crippen LogP contribution in [0.4, 0.5) is 17.5 Å². The van der Waals surface area contributed by atoms with Crippen molar-refractivity contribution in [2.24, 2.45) is 7.05 Å². The van der Waals surface area contributed by atoms with Gasteiger partial charge in [0.05, 0.1) is 0 Å². The van der Waals surface area contributed by atoms with Crippen LogP contribution in [0.3, 0.4) is 0 Å². The van der Waals surface area contributed by atoms with E-state index in [4.69, 9.17) is 0 Å². The zero-order valence-corrected chi connectivity index (χ0v) is 16.7. The lowest BCUT2D eigenvalue weighted by atomic mass is 10.4. The van der Waals surface area contributed by atoms with Gasteiger partial charge in [-0.05, 0) is 26.0 Å². The number of aryl methyl sites for hydroxylation is 3. The van der Waals surface area contributed by atoms with Gasteiger partial charge in [0.15, 0.2) is 5.03 Å². The Morgan fingerprint density at radius 2 is 1.82 bits per heavy atom. The average Bonchev–Trinajstić information content (AvgIpc) is 2.99. The molecule has 0 saturated carbocycles. The summed E-state index contributed by atoms with van der Waals surface area (Å²) in [5.41, 5.74) is 0. The van der Waals surface area contributed by atoms with Crippen LogP contribution >= 0.6 is 0 Å². The maximum absolute atomic E-state index is 12.3. The average molecular weight is 402 g/mol. The van der Waals surface area contributed by atoms with E-state index >= 15 is 0 Å². The van der Waals surface area contributed by atoms with E-state index in [1.807, 2.05) is 18.2 Å². The van der Waals surface area contributed by atoms with Crippen LogP contribution in [0, 0.1) is 13.8 Å². The van der Waals surface area contributed by atoms with Gasteiger partial charge in [0.1, 0.15) is 29.1 Å². The fraction of sp³-hybridized carbons (Fsp3) is 0.294. The molecule has 0 amide bonds. The normalized spacial score (nSPS) is 11.4. The van der Waals surface area contributed by atoms with E-state index in [0.717, 1.165) is 0 Å². The van der Waals surface area contributed by atoms with Gasteiger partial charge in [0.25, 0.3) is 10.0 Å². The van der Waals surface area contributed by atoms with Crippen molar-refractivity contribution in [2.45, 2.75) is 18.9 Å². The molecule has 3 aromatic rings. The van der Waals surface area contributed by atoms with Crippen LogP contribution in [-0.4, -0.2) is 46.0 Å². The molecular formula is C17H22N8O2S. The van der Waals surface area contributed by atoms with E-state index in [9.17, 15) is 8.42 Å². The molecule has 0 fully saturated rings. The first-order valence-corrected chi connectivity index (χ1v) is 10.1. The molecule has 0 saturated heterocycles. The molecule has 0 aliphatic heterocycles. The molecule has 0 atom stereocenters. The Bertz CT molecular complexity index is 1030. The number of imidazole rings is 1. The Kier molecular flexibility index (Phi) is 5.85. The smallest absolute Gasteiger partial charge is 0.259 e. The maximum Gasteiger partial charge on any atom is 0.259 e. The largest absolute Gasteiger partial charge is 0.369 e. The fourth-order valence-corrected chi connectivity index (χ4v) is 3.46. The van der Waals surface area contributed by atoms with Crippen LogP contribution < -0.4 is 15.4 Å². The zero-order chi connectivity index (χ0) is 20.1. The second-order valence-electron chi connectivity index (χ2n) is 6.09. The van der Waals surface area contributed by atoms with E-state index in [0.29, 0.717) is 35.6 Å². The van der Waals surface area contributed by atoms with Crippen molar-refractivity contribution in [2.75, 3.05) is 23.7 Å². The number of aromatic nitrogens is 5. The van der Waals surface area contributed by atoms with Crippen molar-refractivity contribution in [3.63, 3.8) is 0 Å². The van der Waals surface area contributed by atoms with Gasteiger partial charge in [-0.3, -0.25) is 0 Å². The molecule has 0 spiro atoms. The molecule has 11 heteroatoms. The van der Waals surface area contributed by atoms with Gasteiger partial charge >= 0.3 is 0 Å². The molecule has 3 aromatic heterocycles. The lowest BCUT2D eigenvalue weighted by molar-refractivity contribution is 0.579. The van der Waals surface area contributed by atoms with Crippen molar-refractivity contribution >= 4 is 27.5 Å². The van der Waals surface area contributed by atoms with E-state index in [1.165, 1.54) is 6.20 Å². The minimum absolute atomic E-state index is 0.00669. The standard InChI is InChI=1S/C17H22N8O2S/c1-12-21-15(10-16(22-12)24-14-6-4-5-7-18-14)19-8-9-20-28(26,27)17-11-25(3)13(2)23-17/h4-7,10-11,20H,8-9H2,1-3H3,(H2,18,19,21,22,24). The van der Waals surface area contributed by atoms with Gasteiger partial charge in [0.2, 0.25) is 0 Å². The number of hydrogen-bond donors (Lipinski definition) is 3. The minimum atomic E-state index is -3.65. The van der Waals surface area contributed by atoms with Crippen molar-refractivity contribution in [3.05, 3.63) is 48.3 Å². The summed E-state index contributed by atoms with van der Waals surface area (Å²) >= 11 is 0. The van der Waals surface area contributed by atoms with Gasteiger partial charge in [-0.1, -0.05) is 6.07 Å². The van der Waals surface area contributed by atoms with Crippen LogP contribution in [0.5, 0.6) is 0 Å². The molecule has 0 bridgehead atoms. The first-order chi connectivity index (χ1) is 13.3. The van der Waals surface area contributed by atoms with Crippen LogP contribution in [0.15, 0.2) is 41.7 Å². The topological polar surface area (TPSA) is 127 Å². The van der Waals surface area contributed by atoms with Crippen LogP contribution in [0.2, 0.25) is 0 Å². The lowest BCUT2D eigenvalue weighted by Crippen LogP contribution is -2.29. The summed E-state index contributed by atoms with van der Waals surface area (Å²) in [5.74, 6) is 3.05. The number of rotatable bonds is 8. The summed E-state index contributed by atoms with van der Waals surface area (Å²) in [4.78, 5) is 16.9. The molecule has 0 aromatic carbocycles. The molecule has 0 radical (unpaired) electrons. The second kappa shape index (κ2) is 8.31. The number of anilines is 3. The summed E-state index contributed by atoms with van der Waals surface area (Å²) in [5, 5.41) is 6.20. The molecule has 3 heterocycles. The highest BCUT2D eigenvalue weighted by molar-refractivity contribution is 7.89. The van der Waals surface area contributed by atoms with Gasteiger partial charge in [-0.2, -0.15) is 0 Å². The van der Waals surface area contributed by atoms with E-state index in [-0.39, 0.29) is 11.6 Å². The Balaban J connectivity index is 1.57. The van der Waals surface area contributed by atoms with E-state index in [2.05, 4.69) is 35.3 Å². The van der Waals surface area contributed by atoms with E-state index < -0.39 is 10.0 Å². The van der Waals surface area contributed by atoms with Crippen molar-refractivity contribution < 1.29 is 8.42 Å². The number of sulfonamides is 1. The third kappa shape index (κ3) is 5.02. The summed E-state index contributed by atoms with van der Waals surface area (Å²) in [7, 11) is -1.90. The van der Waals surface area contributed by atoms with Gasteiger partial charge in [-0.15, -0.1) is 0 Å². The molecule has 148 valence electrons. The Morgan fingerprint density at radius 3 is 2.50 bits per heavy atom. The molecule has 3 rings (SSSR count). The lowest BCUT2D eigenvalue weighted by Gasteiger charge is -2.10. The minimum Gasteiger partial charge on any atom is -0.369 e. The molecule has 0 unspecified atom stereocenters. The Labute approximate surface area is 163 Å². The fourth-order valence-electron chi connectivity index (χ4n) is 2.40. The molecule has 10 nitrogen and oxygen atoms in total. The first-order valence-electron chi connectivity index (χ1n) is 8.61. The number of nitrogens with zero attached hydrogens (tertiary/aromatic N) is 5. The van der Waals surface area contributed by atoms with Crippen LogP contribution in [0.1, 0.15) is 11.6 Å². The Hall–Kier alpha value is -3.05. The molecule has 0 aliphatic carbocycles. The van der Waals surface area contributed by atoms with Gasteiger partial charge < -0.3 is 15.2 Å². The van der Waals surface area contributed by atoms with E-state index in [1.54, 1.807) is 37.7 Å². The predicted molar refractivity (Wildman–Crippen MR) is 106 cm³/mol. The third-order valence-electron chi connectivity index (χ3n) is 3.84. The number of hydrogen-bond acceptors (Lipinski definition) is 8. The summed E-state index contributed by atoms with van der Waals surface area (Å²) < 4.78 is 28.7. The predicted octanol–water partition coefficient (Wildman–Crippen LogP) is 1.36. The molecular weight excluding hydrogens is 380 g/mol. The van der Waals surface area contributed by atoms with Crippen molar-refractivity contribution in [3.8, 4) is 0 Å². The van der Waals surface area contributed by atoms with Crippen molar-refractivity contribution in [1.29, 1.82) is 0 Å². The number of nitrogens with one attached hydrogen (secondary N) is 3. The summed E-state index contributed by atoms with van der Waals surface area (Å²) in [6, 6.07) is 7.27. The highest BCUT2D eigenvalue weighted by Crippen LogP contribution is 2.15. The quantitative estimate of drug-likeness (QED) is 0.482. The van der Waals surface area contributed by atoms with Gasteiger partial charge in [0, 0.05) is 38.6 Å². The molecule has 3 N–H and O–H groups in total. The zero-order valence-electron chi connectivity index (χ0n) is 15.8. The second-order valence-corrected chi connectivity index (χ2v) is 7.80. The molecule has 0 aliphatic rings. The monoisotopic (exact) mass is 402 g/mol. The van der Waals surface area contributed by atoms with Crippen LogP contribution in [0.25, 0.3) is 0 Å². The maximum atomic E-state index is 12.3. The first kappa shape index (κ1) is 19.7. The highest BCUT2D eigenvalue weighted by Gasteiger charge is 2.17. The SMILES string of the molecule is Cc1nc(NCCNS(=O)(=O)c2cn(C)c(C)n2)cc(Nc2ccccn2)n1. The summed E-state index contributed by atoms with van der Waals surface area (Å²) in [6.07, 6.45) is 3.17. The highest BCUT2D eigenvalue weighted by atomic mass is 32.2. The van der Waals surface area contributed by atoms with Crippen molar-refractivity contribution in [1.82, 2.24) is 29.2 Å². The van der Waals surface area contributed by atoms with Crippen LogP contribution in [-0.2, 0) is 17.1 Å². The number of pyridine rings is 1. The third-order valence-corrected chi connectivity index (χ3v) is 5.18. The summed E-state index contributed by atoms with van der Waals surface area (Å²) in [6.45, 7) is 4.06.